The van der Waals surface area contributed by atoms with Crippen LogP contribution < -0.4 is 4.90 Å². The monoisotopic (exact) mass is 220 g/mol. The topological polar surface area (TPSA) is 6.48 Å². The van der Waals surface area contributed by atoms with Gasteiger partial charge < -0.3 is 9.80 Å². The number of likely N-dealkylation sites (N-methyl/N-ethyl adjacent to an activating group) is 1. The van der Waals surface area contributed by atoms with E-state index in [0.29, 0.717) is 0 Å². The molecule has 0 aliphatic carbocycles. The molecule has 1 aromatic rings. The van der Waals surface area contributed by atoms with Crippen molar-refractivity contribution in [2.24, 2.45) is 0 Å². The number of benzene rings is 1. The molecule has 0 N–H and O–H groups in total. The van der Waals surface area contributed by atoms with Crippen LogP contribution in [0.5, 0.6) is 0 Å². The van der Waals surface area contributed by atoms with E-state index < -0.39 is 0 Å². The number of nitrogens with zero attached hydrogens (tertiary/aromatic N) is 2. The predicted molar refractivity (Wildman–Crippen MR) is 72.2 cm³/mol. The van der Waals surface area contributed by atoms with Crippen LogP contribution in [0.1, 0.15) is 19.4 Å². The Balaban J connectivity index is 0.000000606. The summed E-state index contributed by atoms with van der Waals surface area (Å²) >= 11 is 0. The first-order valence-corrected chi connectivity index (χ1v) is 6.26. The highest BCUT2D eigenvalue weighted by atomic mass is 15.2. The van der Waals surface area contributed by atoms with Gasteiger partial charge >= 0.3 is 0 Å². The molecule has 1 aliphatic rings. The SMILES string of the molecule is CC.Cc1ccc(N2CCN(C)CC2)cc1. The molecule has 0 saturated carbocycles. The van der Waals surface area contributed by atoms with Gasteiger partial charge in [-0.1, -0.05) is 31.5 Å². The Kier molecular flexibility index (Phi) is 5.33. The molecule has 2 heteroatoms. The maximum absolute atomic E-state index is 2.46. The van der Waals surface area contributed by atoms with Crippen LogP contribution >= 0.6 is 0 Å². The fourth-order valence-electron chi connectivity index (χ4n) is 1.82. The van der Waals surface area contributed by atoms with E-state index in [1.807, 2.05) is 13.8 Å². The minimum absolute atomic E-state index is 1.15. The number of hydrogen-bond donors (Lipinski definition) is 0. The molecule has 1 heterocycles. The van der Waals surface area contributed by atoms with Gasteiger partial charge in [0.15, 0.2) is 0 Å². The van der Waals surface area contributed by atoms with E-state index in [2.05, 4.69) is 48.0 Å². The van der Waals surface area contributed by atoms with Crippen molar-refractivity contribution in [2.45, 2.75) is 20.8 Å². The summed E-state index contributed by atoms with van der Waals surface area (Å²) in [6.07, 6.45) is 0. The Morgan fingerprint density at radius 1 is 0.875 bits per heavy atom. The van der Waals surface area contributed by atoms with E-state index in [0.717, 1.165) is 13.1 Å². The van der Waals surface area contributed by atoms with Crippen molar-refractivity contribution in [1.29, 1.82) is 0 Å². The van der Waals surface area contributed by atoms with Crippen molar-refractivity contribution in [3.05, 3.63) is 29.8 Å². The summed E-state index contributed by atoms with van der Waals surface area (Å²) in [7, 11) is 2.19. The van der Waals surface area contributed by atoms with Crippen LogP contribution in [0, 0.1) is 6.92 Å². The lowest BCUT2D eigenvalue weighted by Gasteiger charge is -2.34. The molecule has 0 atom stereocenters. The second-order valence-electron chi connectivity index (χ2n) is 4.13. The molecule has 0 spiro atoms. The standard InChI is InChI=1S/C12H18N2.C2H6/c1-11-3-5-12(6-4-11)14-9-7-13(2)8-10-14;1-2/h3-6H,7-10H2,1-2H3;1-2H3. The maximum Gasteiger partial charge on any atom is 0.0367 e. The molecule has 90 valence electrons. The molecule has 0 radical (unpaired) electrons. The van der Waals surface area contributed by atoms with Crippen LogP contribution in [0.15, 0.2) is 24.3 Å². The Bertz CT molecular complexity index is 284. The fourth-order valence-corrected chi connectivity index (χ4v) is 1.82. The van der Waals surface area contributed by atoms with Gasteiger partial charge in [0.1, 0.15) is 0 Å². The number of anilines is 1. The third-order valence-electron chi connectivity index (χ3n) is 2.90. The van der Waals surface area contributed by atoms with Crippen LogP contribution in [-0.2, 0) is 0 Å². The second-order valence-corrected chi connectivity index (χ2v) is 4.13. The highest BCUT2D eigenvalue weighted by Gasteiger charge is 2.13. The van der Waals surface area contributed by atoms with E-state index in [4.69, 9.17) is 0 Å². The molecule has 1 aliphatic heterocycles. The molecule has 2 rings (SSSR count). The van der Waals surface area contributed by atoms with Gasteiger partial charge in [0.05, 0.1) is 0 Å². The lowest BCUT2D eigenvalue weighted by Crippen LogP contribution is -2.44. The highest BCUT2D eigenvalue weighted by molar-refractivity contribution is 5.47. The molecule has 2 nitrogen and oxygen atoms in total. The lowest BCUT2D eigenvalue weighted by molar-refractivity contribution is 0.313. The minimum atomic E-state index is 1.15. The van der Waals surface area contributed by atoms with Gasteiger partial charge in [0.25, 0.3) is 0 Å². The van der Waals surface area contributed by atoms with E-state index in [1.54, 1.807) is 0 Å². The maximum atomic E-state index is 2.46. The summed E-state index contributed by atoms with van der Waals surface area (Å²) in [5.41, 5.74) is 2.70. The zero-order valence-corrected chi connectivity index (χ0v) is 11.0. The summed E-state index contributed by atoms with van der Waals surface area (Å²) in [5, 5.41) is 0. The third kappa shape index (κ3) is 3.53. The van der Waals surface area contributed by atoms with Crippen LogP contribution in [0.25, 0.3) is 0 Å². The van der Waals surface area contributed by atoms with Gasteiger partial charge in [-0.15, -0.1) is 0 Å². The van der Waals surface area contributed by atoms with E-state index in [1.165, 1.54) is 24.3 Å². The molecule has 0 unspecified atom stereocenters. The Morgan fingerprint density at radius 3 is 1.88 bits per heavy atom. The molecule has 1 aromatic carbocycles. The van der Waals surface area contributed by atoms with Gasteiger partial charge in [-0.2, -0.15) is 0 Å². The second kappa shape index (κ2) is 6.54. The first kappa shape index (κ1) is 13.0. The van der Waals surface area contributed by atoms with Gasteiger partial charge in [-0.3, -0.25) is 0 Å². The van der Waals surface area contributed by atoms with E-state index in [-0.39, 0.29) is 0 Å². The van der Waals surface area contributed by atoms with Gasteiger partial charge in [-0.25, -0.2) is 0 Å². The van der Waals surface area contributed by atoms with Crippen LogP contribution in [0.4, 0.5) is 5.69 Å². The number of hydrogen-bond acceptors (Lipinski definition) is 2. The first-order chi connectivity index (χ1) is 7.75. The summed E-state index contributed by atoms with van der Waals surface area (Å²) in [6, 6.07) is 8.82. The molecule has 1 saturated heterocycles. The summed E-state index contributed by atoms with van der Waals surface area (Å²) in [5.74, 6) is 0. The molecule has 0 aromatic heterocycles. The summed E-state index contributed by atoms with van der Waals surface area (Å²) in [6.45, 7) is 10.8. The summed E-state index contributed by atoms with van der Waals surface area (Å²) in [4.78, 5) is 4.84. The average Bonchev–Trinajstić information content (AvgIpc) is 2.34. The molecule has 0 bridgehead atoms. The van der Waals surface area contributed by atoms with Crippen LogP contribution in [-0.4, -0.2) is 38.1 Å². The predicted octanol–water partition coefficient (Wildman–Crippen LogP) is 2.77. The largest absolute Gasteiger partial charge is 0.369 e. The number of aryl methyl sites for hydroxylation is 1. The van der Waals surface area contributed by atoms with Crippen molar-refractivity contribution in [3.63, 3.8) is 0 Å². The summed E-state index contributed by atoms with van der Waals surface area (Å²) < 4.78 is 0. The lowest BCUT2D eigenvalue weighted by atomic mass is 10.2. The van der Waals surface area contributed by atoms with Gasteiger partial charge in [0, 0.05) is 31.9 Å². The molecular formula is C14H24N2. The van der Waals surface area contributed by atoms with E-state index in [9.17, 15) is 0 Å². The fraction of sp³-hybridized carbons (Fsp3) is 0.571. The number of rotatable bonds is 1. The average molecular weight is 220 g/mol. The van der Waals surface area contributed by atoms with Gasteiger partial charge in [-0.05, 0) is 26.1 Å². The third-order valence-corrected chi connectivity index (χ3v) is 2.90. The van der Waals surface area contributed by atoms with Crippen LogP contribution in [0.3, 0.4) is 0 Å². The quantitative estimate of drug-likeness (QED) is 0.718. The van der Waals surface area contributed by atoms with Crippen molar-refractivity contribution >= 4 is 5.69 Å². The molecule has 1 fully saturated rings. The van der Waals surface area contributed by atoms with Crippen molar-refractivity contribution in [2.75, 3.05) is 38.1 Å². The molecule has 0 amide bonds. The Labute approximate surface area is 99.9 Å². The number of piperazine rings is 1. The molecule has 16 heavy (non-hydrogen) atoms. The van der Waals surface area contributed by atoms with Crippen molar-refractivity contribution in [3.8, 4) is 0 Å². The highest BCUT2D eigenvalue weighted by Crippen LogP contribution is 2.16. The van der Waals surface area contributed by atoms with E-state index >= 15 is 0 Å². The normalized spacial score (nSPS) is 16.6. The van der Waals surface area contributed by atoms with Crippen molar-refractivity contribution in [1.82, 2.24) is 4.90 Å². The van der Waals surface area contributed by atoms with Crippen molar-refractivity contribution < 1.29 is 0 Å². The first-order valence-electron chi connectivity index (χ1n) is 6.26. The molecular weight excluding hydrogens is 196 g/mol. The Morgan fingerprint density at radius 2 is 1.38 bits per heavy atom. The Hall–Kier alpha value is -1.02. The smallest absolute Gasteiger partial charge is 0.0367 e. The zero-order chi connectivity index (χ0) is 12.0. The van der Waals surface area contributed by atoms with Crippen LogP contribution in [0.2, 0.25) is 0 Å². The minimum Gasteiger partial charge on any atom is -0.369 e. The zero-order valence-electron chi connectivity index (χ0n) is 11.0. The van der Waals surface area contributed by atoms with Gasteiger partial charge in [0.2, 0.25) is 0 Å².